The second-order valence-electron chi connectivity index (χ2n) is 7.82. The van der Waals surface area contributed by atoms with Crippen molar-refractivity contribution in [3.8, 4) is 0 Å². The monoisotopic (exact) mass is 417 g/mol. The molecule has 1 amide bonds. The summed E-state index contributed by atoms with van der Waals surface area (Å²) >= 11 is 0. The number of likely N-dealkylation sites (tertiary alicyclic amines) is 1. The minimum atomic E-state index is 0.141. The maximum absolute atomic E-state index is 12.7. The number of carbonyl (C=O) groups excluding carboxylic acids is 1. The highest BCUT2D eigenvalue weighted by atomic mass is 16.5. The lowest BCUT2D eigenvalue weighted by molar-refractivity contribution is 0.0724. The summed E-state index contributed by atoms with van der Waals surface area (Å²) in [5.74, 6) is 0.942. The average molecular weight is 418 g/mol. The molecule has 0 aliphatic carbocycles. The van der Waals surface area contributed by atoms with Crippen LogP contribution in [-0.4, -0.2) is 81.7 Å². The molecule has 0 bridgehead atoms. The van der Waals surface area contributed by atoms with Crippen LogP contribution in [0.4, 0.5) is 0 Å². The van der Waals surface area contributed by atoms with Crippen molar-refractivity contribution < 1.29 is 9.53 Å². The number of likely N-dealkylation sites (N-methyl/N-ethyl adjacent to an activating group) is 1. The third-order valence-electron chi connectivity index (χ3n) is 5.26. The summed E-state index contributed by atoms with van der Waals surface area (Å²) < 4.78 is 5.10. The summed E-state index contributed by atoms with van der Waals surface area (Å²) in [6, 6.07) is 7.88. The molecule has 0 saturated carbocycles. The molecule has 30 heavy (non-hydrogen) atoms. The molecule has 1 aliphatic heterocycles. The summed E-state index contributed by atoms with van der Waals surface area (Å²) in [7, 11) is 3.85. The molecule has 1 aromatic rings. The van der Waals surface area contributed by atoms with Crippen molar-refractivity contribution in [3.05, 3.63) is 35.4 Å². The van der Waals surface area contributed by atoms with Crippen LogP contribution in [0.3, 0.4) is 0 Å². The number of nitrogens with zero attached hydrogens (tertiary/aromatic N) is 3. The smallest absolute Gasteiger partial charge is 0.253 e. The van der Waals surface area contributed by atoms with E-state index in [1.807, 2.05) is 29.2 Å². The van der Waals surface area contributed by atoms with Crippen molar-refractivity contribution in [2.24, 2.45) is 4.99 Å². The fourth-order valence-corrected chi connectivity index (χ4v) is 3.55. The first-order valence-electron chi connectivity index (χ1n) is 11.2. The number of piperidine rings is 1. The quantitative estimate of drug-likeness (QED) is 0.329. The maximum Gasteiger partial charge on any atom is 0.253 e. The molecule has 1 fully saturated rings. The van der Waals surface area contributed by atoms with Crippen LogP contribution in [-0.2, 0) is 11.3 Å². The minimum absolute atomic E-state index is 0.141. The molecule has 1 heterocycles. The number of ether oxygens (including phenoxy) is 1. The van der Waals surface area contributed by atoms with E-state index in [-0.39, 0.29) is 5.91 Å². The van der Waals surface area contributed by atoms with Crippen LogP contribution in [0, 0.1) is 0 Å². The van der Waals surface area contributed by atoms with Crippen LogP contribution in [0.25, 0.3) is 0 Å². The van der Waals surface area contributed by atoms with Gasteiger partial charge in [-0.3, -0.25) is 4.79 Å². The van der Waals surface area contributed by atoms with E-state index in [4.69, 9.17) is 9.73 Å². The Hall–Kier alpha value is -2.12. The van der Waals surface area contributed by atoms with Gasteiger partial charge in [0.1, 0.15) is 0 Å². The normalized spacial score (nSPS) is 14.8. The first kappa shape index (κ1) is 24.2. The van der Waals surface area contributed by atoms with Crippen LogP contribution in [0.5, 0.6) is 0 Å². The van der Waals surface area contributed by atoms with Crippen LogP contribution in [0.2, 0.25) is 0 Å². The van der Waals surface area contributed by atoms with E-state index in [0.29, 0.717) is 6.54 Å². The number of hydrogen-bond donors (Lipinski definition) is 2. The molecule has 0 atom stereocenters. The van der Waals surface area contributed by atoms with Gasteiger partial charge in [0.2, 0.25) is 0 Å². The van der Waals surface area contributed by atoms with Crippen molar-refractivity contribution in [3.63, 3.8) is 0 Å². The number of methoxy groups -OCH3 is 1. The molecular weight excluding hydrogens is 378 g/mol. The summed E-state index contributed by atoms with van der Waals surface area (Å²) in [6.45, 7) is 8.72. The topological polar surface area (TPSA) is 69.2 Å². The molecule has 1 saturated heterocycles. The zero-order valence-corrected chi connectivity index (χ0v) is 19.0. The molecule has 1 aliphatic rings. The Morgan fingerprint density at radius 2 is 2.00 bits per heavy atom. The van der Waals surface area contributed by atoms with Gasteiger partial charge in [0.25, 0.3) is 5.91 Å². The zero-order valence-electron chi connectivity index (χ0n) is 19.0. The second kappa shape index (κ2) is 14.0. The molecule has 2 N–H and O–H groups in total. The Bertz CT molecular complexity index is 659. The Kier molecular flexibility index (Phi) is 11.3. The van der Waals surface area contributed by atoms with Gasteiger partial charge in [0, 0.05) is 58.5 Å². The molecule has 0 unspecified atom stereocenters. The lowest BCUT2D eigenvalue weighted by Gasteiger charge is -2.26. The van der Waals surface area contributed by atoms with Crippen LogP contribution in [0.15, 0.2) is 29.3 Å². The van der Waals surface area contributed by atoms with Crippen LogP contribution >= 0.6 is 0 Å². The molecule has 7 nitrogen and oxygen atoms in total. The van der Waals surface area contributed by atoms with Gasteiger partial charge in [-0.2, -0.15) is 0 Å². The van der Waals surface area contributed by atoms with Gasteiger partial charge in [0.15, 0.2) is 5.96 Å². The zero-order chi connectivity index (χ0) is 21.6. The van der Waals surface area contributed by atoms with Gasteiger partial charge >= 0.3 is 0 Å². The summed E-state index contributed by atoms with van der Waals surface area (Å²) in [5.41, 5.74) is 1.81. The predicted octanol–water partition coefficient (Wildman–Crippen LogP) is 2.34. The molecule has 0 spiro atoms. The van der Waals surface area contributed by atoms with Crippen molar-refractivity contribution >= 4 is 11.9 Å². The summed E-state index contributed by atoms with van der Waals surface area (Å²) in [6.07, 6.45) is 4.47. The number of rotatable bonds is 11. The number of aliphatic imine (C=N–C) groups is 1. The lowest BCUT2D eigenvalue weighted by Crippen LogP contribution is -2.41. The van der Waals surface area contributed by atoms with E-state index < -0.39 is 0 Å². The number of nitrogens with one attached hydrogen (secondary N) is 2. The molecule has 2 rings (SSSR count). The Morgan fingerprint density at radius 3 is 2.73 bits per heavy atom. The average Bonchev–Trinajstić information content (AvgIpc) is 2.78. The highest BCUT2D eigenvalue weighted by Gasteiger charge is 2.18. The fourth-order valence-electron chi connectivity index (χ4n) is 3.55. The Labute approximate surface area is 181 Å². The molecule has 1 aromatic carbocycles. The van der Waals surface area contributed by atoms with Crippen molar-refractivity contribution in [1.82, 2.24) is 20.4 Å². The van der Waals surface area contributed by atoms with E-state index in [1.54, 1.807) is 7.11 Å². The minimum Gasteiger partial charge on any atom is -0.385 e. The van der Waals surface area contributed by atoms with E-state index in [2.05, 4.69) is 29.5 Å². The van der Waals surface area contributed by atoms with Crippen LogP contribution < -0.4 is 10.6 Å². The highest BCUT2D eigenvalue weighted by Crippen LogP contribution is 2.14. The molecule has 7 heteroatoms. The Morgan fingerprint density at radius 1 is 1.20 bits per heavy atom. The van der Waals surface area contributed by atoms with E-state index in [1.165, 1.54) is 6.42 Å². The molecule has 0 aromatic heterocycles. The van der Waals surface area contributed by atoms with Crippen LogP contribution in [0.1, 0.15) is 48.5 Å². The van der Waals surface area contributed by atoms with E-state index in [0.717, 1.165) is 82.2 Å². The molecule has 0 radical (unpaired) electrons. The molecular formula is C23H39N5O2. The van der Waals surface area contributed by atoms with Crippen molar-refractivity contribution in [2.75, 3.05) is 60.0 Å². The fraction of sp³-hybridized carbons (Fsp3) is 0.652. The predicted molar refractivity (Wildman–Crippen MR) is 123 cm³/mol. The SMILES string of the molecule is CCNC(=NCc1cccc(C(=O)N2CCCCC2)c1)NCCN(C)CCCOC. The number of guanidine groups is 1. The van der Waals surface area contributed by atoms with Crippen molar-refractivity contribution in [2.45, 2.75) is 39.2 Å². The molecule has 168 valence electrons. The number of benzene rings is 1. The van der Waals surface area contributed by atoms with Crippen molar-refractivity contribution in [1.29, 1.82) is 0 Å². The largest absolute Gasteiger partial charge is 0.385 e. The van der Waals surface area contributed by atoms with Gasteiger partial charge in [-0.15, -0.1) is 0 Å². The summed E-state index contributed by atoms with van der Waals surface area (Å²) in [4.78, 5) is 21.7. The highest BCUT2D eigenvalue weighted by molar-refractivity contribution is 5.94. The summed E-state index contributed by atoms with van der Waals surface area (Å²) in [5, 5.41) is 6.69. The van der Waals surface area contributed by atoms with Gasteiger partial charge in [-0.25, -0.2) is 4.99 Å². The number of carbonyl (C=O) groups is 1. The van der Waals surface area contributed by atoms with Gasteiger partial charge in [0.05, 0.1) is 6.54 Å². The van der Waals surface area contributed by atoms with E-state index >= 15 is 0 Å². The Balaban J connectivity index is 1.86. The number of amides is 1. The van der Waals surface area contributed by atoms with E-state index in [9.17, 15) is 4.79 Å². The first-order valence-corrected chi connectivity index (χ1v) is 11.2. The first-order chi connectivity index (χ1) is 14.6. The van der Waals surface area contributed by atoms with Gasteiger partial charge in [-0.1, -0.05) is 12.1 Å². The standard InChI is InChI=1S/C23H39N5O2/c1-4-24-23(25-12-16-27(2)13-9-17-30-3)26-19-20-10-8-11-21(18-20)22(29)28-14-6-5-7-15-28/h8,10-11,18H,4-7,9,12-17,19H2,1-3H3,(H2,24,25,26). The number of hydrogen-bond acceptors (Lipinski definition) is 4. The maximum atomic E-state index is 12.7. The second-order valence-corrected chi connectivity index (χ2v) is 7.82. The van der Waals surface area contributed by atoms with Gasteiger partial charge < -0.3 is 25.2 Å². The third kappa shape index (κ3) is 8.71. The third-order valence-corrected chi connectivity index (χ3v) is 5.26. The lowest BCUT2D eigenvalue weighted by atomic mass is 10.1. The van der Waals surface area contributed by atoms with Gasteiger partial charge in [-0.05, 0) is 57.4 Å².